The highest BCUT2D eigenvalue weighted by Crippen LogP contribution is 2.29. The number of methoxy groups -OCH3 is 1. The smallest absolute Gasteiger partial charge is 0.165 e. The largest absolute Gasteiger partial charge is 0.383 e. The predicted molar refractivity (Wildman–Crippen MR) is 82.5 cm³/mol. The lowest BCUT2D eigenvalue weighted by molar-refractivity contribution is 0.185. The van der Waals surface area contributed by atoms with Crippen LogP contribution in [0.15, 0.2) is 30.7 Å². The third-order valence-electron chi connectivity index (χ3n) is 4.11. The molecule has 6 heteroatoms. The Kier molecular flexibility index (Phi) is 4.68. The van der Waals surface area contributed by atoms with E-state index < -0.39 is 0 Å². The topological polar surface area (TPSA) is 43.2 Å². The van der Waals surface area contributed by atoms with Gasteiger partial charge in [0.15, 0.2) is 11.6 Å². The number of aromatic nitrogens is 3. The molecule has 5 nitrogen and oxygen atoms in total. The van der Waals surface area contributed by atoms with Crippen molar-refractivity contribution >= 4 is 5.82 Å². The van der Waals surface area contributed by atoms with Crippen LogP contribution in [-0.2, 0) is 11.3 Å². The second kappa shape index (κ2) is 6.87. The Bertz CT molecular complexity index is 616. The lowest BCUT2D eigenvalue weighted by Crippen LogP contribution is -2.36. The number of rotatable bonds is 5. The molecular formula is C16H21FN4O. The molecule has 0 spiro atoms. The van der Waals surface area contributed by atoms with Gasteiger partial charge in [0, 0.05) is 51.3 Å². The van der Waals surface area contributed by atoms with Gasteiger partial charge in [-0.1, -0.05) is 0 Å². The maximum atomic E-state index is 13.9. The molecular weight excluding hydrogens is 283 g/mol. The summed E-state index contributed by atoms with van der Waals surface area (Å²) in [6, 6.07) is 3.09. The molecule has 2 aromatic heterocycles. The van der Waals surface area contributed by atoms with Crippen molar-refractivity contribution in [3.8, 4) is 0 Å². The minimum absolute atomic E-state index is 0.258. The normalized spacial score (nSPS) is 18.6. The molecule has 0 unspecified atom stereocenters. The third kappa shape index (κ3) is 3.11. The molecule has 0 saturated carbocycles. The van der Waals surface area contributed by atoms with Crippen LogP contribution in [0.5, 0.6) is 0 Å². The maximum Gasteiger partial charge on any atom is 0.165 e. The van der Waals surface area contributed by atoms with Crippen LogP contribution in [0.4, 0.5) is 10.2 Å². The molecule has 0 amide bonds. The van der Waals surface area contributed by atoms with E-state index >= 15 is 0 Å². The van der Waals surface area contributed by atoms with Crippen molar-refractivity contribution in [2.45, 2.75) is 25.3 Å². The summed E-state index contributed by atoms with van der Waals surface area (Å²) in [5.74, 6) is 1.54. The highest BCUT2D eigenvalue weighted by Gasteiger charge is 2.26. The van der Waals surface area contributed by atoms with Gasteiger partial charge < -0.3 is 14.2 Å². The van der Waals surface area contributed by atoms with Gasteiger partial charge in [0.25, 0.3) is 0 Å². The molecule has 1 saturated heterocycles. The Morgan fingerprint density at radius 1 is 1.36 bits per heavy atom. The summed E-state index contributed by atoms with van der Waals surface area (Å²) in [6.45, 7) is 3.04. The van der Waals surface area contributed by atoms with Crippen LogP contribution in [0.25, 0.3) is 0 Å². The quantitative estimate of drug-likeness (QED) is 0.851. The number of halogens is 1. The van der Waals surface area contributed by atoms with Gasteiger partial charge in [-0.05, 0) is 25.0 Å². The van der Waals surface area contributed by atoms with Gasteiger partial charge in [0.05, 0.1) is 6.61 Å². The van der Waals surface area contributed by atoms with Gasteiger partial charge in [0.2, 0.25) is 0 Å². The van der Waals surface area contributed by atoms with E-state index in [-0.39, 0.29) is 5.82 Å². The van der Waals surface area contributed by atoms with Crippen LogP contribution in [0.2, 0.25) is 0 Å². The Hall–Kier alpha value is -1.95. The summed E-state index contributed by atoms with van der Waals surface area (Å²) in [6.07, 6.45) is 7.52. The summed E-state index contributed by atoms with van der Waals surface area (Å²) in [5.41, 5.74) is 0. The first kappa shape index (κ1) is 15.0. The first-order valence-corrected chi connectivity index (χ1v) is 7.65. The van der Waals surface area contributed by atoms with E-state index in [1.54, 1.807) is 19.4 Å². The zero-order chi connectivity index (χ0) is 15.4. The van der Waals surface area contributed by atoms with Crippen molar-refractivity contribution in [1.82, 2.24) is 14.5 Å². The van der Waals surface area contributed by atoms with Gasteiger partial charge in [-0.25, -0.2) is 14.4 Å². The van der Waals surface area contributed by atoms with E-state index in [0.29, 0.717) is 18.3 Å². The molecule has 3 rings (SSSR count). The van der Waals surface area contributed by atoms with E-state index in [9.17, 15) is 4.39 Å². The fourth-order valence-corrected chi connectivity index (χ4v) is 3.05. The van der Waals surface area contributed by atoms with E-state index in [1.807, 2.05) is 17.3 Å². The third-order valence-corrected chi connectivity index (χ3v) is 4.11. The molecule has 1 aliphatic heterocycles. The number of pyridine rings is 1. The van der Waals surface area contributed by atoms with Crippen LogP contribution < -0.4 is 4.90 Å². The highest BCUT2D eigenvalue weighted by molar-refractivity contribution is 5.40. The minimum atomic E-state index is -0.258. The molecule has 2 aromatic rings. The molecule has 0 aliphatic carbocycles. The monoisotopic (exact) mass is 304 g/mol. The Morgan fingerprint density at radius 2 is 2.27 bits per heavy atom. The number of anilines is 1. The van der Waals surface area contributed by atoms with Crippen molar-refractivity contribution in [1.29, 1.82) is 0 Å². The molecule has 22 heavy (non-hydrogen) atoms. The number of hydrogen-bond donors (Lipinski definition) is 0. The van der Waals surface area contributed by atoms with Gasteiger partial charge in [-0.15, -0.1) is 0 Å². The number of piperidine rings is 1. The van der Waals surface area contributed by atoms with Crippen LogP contribution in [0.1, 0.15) is 24.6 Å². The Morgan fingerprint density at radius 3 is 3.09 bits per heavy atom. The van der Waals surface area contributed by atoms with Crippen molar-refractivity contribution in [3.63, 3.8) is 0 Å². The molecule has 0 aromatic carbocycles. The lowest BCUT2D eigenvalue weighted by atomic mass is 9.97. The fraction of sp³-hybridized carbons (Fsp3) is 0.500. The van der Waals surface area contributed by atoms with Crippen LogP contribution in [0, 0.1) is 5.82 Å². The van der Waals surface area contributed by atoms with Gasteiger partial charge >= 0.3 is 0 Å². The number of nitrogens with zero attached hydrogens (tertiary/aromatic N) is 4. The first-order valence-electron chi connectivity index (χ1n) is 7.65. The SMILES string of the molecule is COCCn1ccnc1[C@H]1CCCN(c2ncccc2F)C1. The molecule has 1 aliphatic rings. The molecule has 0 N–H and O–H groups in total. The van der Waals surface area contributed by atoms with E-state index in [1.165, 1.54) is 6.07 Å². The van der Waals surface area contributed by atoms with E-state index in [4.69, 9.17) is 4.74 Å². The average molecular weight is 304 g/mol. The predicted octanol–water partition coefficient (Wildman–Crippen LogP) is 2.45. The number of imidazole rings is 1. The van der Waals surface area contributed by atoms with E-state index in [0.717, 1.165) is 38.3 Å². The summed E-state index contributed by atoms with van der Waals surface area (Å²) >= 11 is 0. The summed E-state index contributed by atoms with van der Waals surface area (Å²) in [5, 5.41) is 0. The average Bonchev–Trinajstić information content (AvgIpc) is 3.02. The first-order chi connectivity index (χ1) is 10.8. The van der Waals surface area contributed by atoms with Gasteiger partial charge in [-0.3, -0.25) is 0 Å². The zero-order valence-electron chi connectivity index (χ0n) is 12.8. The standard InChI is InChI=1S/C16H21FN4O/c1-22-11-10-20-9-7-19-15(20)13-4-3-8-21(12-13)16-14(17)5-2-6-18-16/h2,5-7,9,13H,3-4,8,10-12H2,1H3/t13-/m0/s1. The van der Waals surface area contributed by atoms with Gasteiger partial charge in [0.1, 0.15) is 5.82 Å². The summed E-state index contributed by atoms with van der Waals surface area (Å²) in [4.78, 5) is 10.7. The second-order valence-corrected chi connectivity index (χ2v) is 5.57. The highest BCUT2D eigenvalue weighted by atomic mass is 19.1. The summed E-state index contributed by atoms with van der Waals surface area (Å²) in [7, 11) is 1.70. The van der Waals surface area contributed by atoms with Crippen molar-refractivity contribution < 1.29 is 9.13 Å². The van der Waals surface area contributed by atoms with Gasteiger partial charge in [-0.2, -0.15) is 0 Å². The molecule has 0 radical (unpaired) electrons. The summed E-state index contributed by atoms with van der Waals surface area (Å²) < 4.78 is 21.2. The van der Waals surface area contributed by atoms with Crippen LogP contribution in [-0.4, -0.2) is 41.3 Å². The van der Waals surface area contributed by atoms with E-state index in [2.05, 4.69) is 14.5 Å². The lowest BCUT2D eigenvalue weighted by Gasteiger charge is -2.33. The number of hydrogen-bond acceptors (Lipinski definition) is 4. The Labute approximate surface area is 129 Å². The molecule has 3 heterocycles. The fourth-order valence-electron chi connectivity index (χ4n) is 3.05. The van der Waals surface area contributed by atoms with Crippen LogP contribution >= 0.6 is 0 Å². The molecule has 118 valence electrons. The van der Waals surface area contributed by atoms with Crippen molar-refractivity contribution in [2.24, 2.45) is 0 Å². The second-order valence-electron chi connectivity index (χ2n) is 5.57. The number of ether oxygens (including phenoxy) is 1. The Balaban J connectivity index is 1.76. The van der Waals surface area contributed by atoms with Crippen molar-refractivity contribution in [2.75, 3.05) is 31.7 Å². The molecule has 1 atom stereocenters. The zero-order valence-corrected chi connectivity index (χ0v) is 12.8. The minimum Gasteiger partial charge on any atom is -0.383 e. The van der Waals surface area contributed by atoms with Crippen LogP contribution in [0.3, 0.4) is 0 Å². The maximum absolute atomic E-state index is 13.9. The van der Waals surface area contributed by atoms with Crippen molar-refractivity contribution in [3.05, 3.63) is 42.4 Å². The molecule has 0 bridgehead atoms. The molecule has 1 fully saturated rings.